The molecule has 0 aliphatic rings. The van der Waals surface area contributed by atoms with Crippen molar-refractivity contribution in [3.8, 4) is 0 Å². The summed E-state index contributed by atoms with van der Waals surface area (Å²) in [5.41, 5.74) is 0.580. The number of carboxylic acids is 1. The van der Waals surface area contributed by atoms with Crippen LogP contribution in [-0.4, -0.2) is 26.2 Å². The summed E-state index contributed by atoms with van der Waals surface area (Å²) in [6, 6.07) is 5.89. The van der Waals surface area contributed by atoms with E-state index < -0.39 is 12.0 Å². The van der Waals surface area contributed by atoms with Gasteiger partial charge in [0.1, 0.15) is 0 Å². The molecule has 3 N–H and O–H groups in total. The monoisotopic (exact) mass is 370 g/mol. The molecule has 0 fully saturated rings. The van der Waals surface area contributed by atoms with Gasteiger partial charge in [-0.15, -0.1) is 0 Å². The Morgan fingerprint density at radius 2 is 2.00 bits per heavy atom. The van der Waals surface area contributed by atoms with Gasteiger partial charge >= 0.3 is 5.97 Å². The lowest BCUT2D eigenvalue weighted by Crippen LogP contribution is -2.34. The zero-order valence-electron chi connectivity index (χ0n) is 11.7. The standard InChI is InChI=1S/C14H12Cl2N4O2S/c15-8-2-3-9(10(16)6-8)11(7-12(21)22)19-14(23)20-13-17-4-1-5-18-13/h1-6,11H,7H2,(H,21,22)(H2,17,18,19,20,23)/t11-/m1/s1. The molecule has 0 unspecified atom stereocenters. The van der Waals surface area contributed by atoms with Crippen LogP contribution in [0, 0.1) is 0 Å². The number of hydrogen-bond donors (Lipinski definition) is 3. The van der Waals surface area contributed by atoms with Gasteiger partial charge in [0.25, 0.3) is 0 Å². The second-order valence-electron chi connectivity index (χ2n) is 4.49. The van der Waals surface area contributed by atoms with Crippen LogP contribution in [-0.2, 0) is 4.79 Å². The molecular weight excluding hydrogens is 359 g/mol. The molecule has 1 heterocycles. The van der Waals surface area contributed by atoms with Crippen molar-refractivity contribution in [1.29, 1.82) is 0 Å². The summed E-state index contributed by atoms with van der Waals surface area (Å²) in [7, 11) is 0. The van der Waals surface area contributed by atoms with Crippen molar-refractivity contribution in [3.63, 3.8) is 0 Å². The largest absolute Gasteiger partial charge is 0.481 e. The summed E-state index contributed by atoms with van der Waals surface area (Å²) in [6.07, 6.45) is 2.91. The quantitative estimate of drug-likeness (QED) is 0.696. The molecule has 1 aromatic carbocycles. The smallest absolute Gasteiger partial charge is 0.305 e. The molecule has 2 rings (SSSR count). The highest BCUT2D eigenvalue weighted by atomic mass is 35.5. The summed E-state index contributed by atoms with van der Waals surface area (Å²) in [5, 5.41) is 15.8. The van der Waals surface area contributed by atoms with E-state index in [0.717, 1.165) is 0 Å². The summed E-state index contributed by atoms with van der Waals surface area (Å²) in [6.45, 7) is 0. The second-order valence-corrected chi connectivity index (χ2v) is 5.74. The van der Waals surface area contributed by atoms with E-state index in [0.29, 0.717) is 21.6 Å². The fourth-order valence-electron chi connectivity index (χ4n) is 1.86. The van der Waals surface area contributed by atoms with Crippen LogP contribution in [0.4, 0.5) is 5.95 Å². The highest BCUT2D eigenvalue weighted by Gasteiger charge is 2.19. The average molecular weight is 371 g/mol. The van der Waals surface area contributed by atoms with Gasteiger partial charge < -0.3 is 15.7 Å². The van der Waals surface area contributed by atoms with Gasteiger partial charge in [-0.25, -0.2) is 9.97 Å². The van der Waals surface area contributed by atoms with Crippen molar-refractivity contribution >= 4 is 52.4 Å². The third kappa shape index (κ3) is 5.31. The minimum Gasteiger partial charge on any atom is -0.481 e. The summed E-state index contributed by atoms with van der Waals surface area (Å²) >= 11 is 17.2. The molecule has 0 radical (unpaired) electrons. The van der Waals surface area contributed by atoms with E-state index in [2.05, 4.69) is 20.6 Å². The number of nitrogens with zero attached hydrogens (tertiary/aromatic N) is 2. The Balaban J connectivity index is 2.15. The van der Waals surface area contributed by atoms with Crippen LogP contribution in [0.5, 0.6) is 0 Å². The Labute approximate surface area is 147 Å². The van der Waals surface area contributed by atoms with E-state index in [1.54, 1.807) is 36.7 Å². The third-order valence-corrected chi connectivity index (χ3v) is 3.60. The fourth-order valence-corrected chi connectivity index (χ4v) is 2.63. The molecule has 0 bridgehead atoms. The predicted octanol–water partition coefficient (Wildman–Crippen LogP) is 3.29. The van der Waals surface area contributed by atoms with Crippen LogP contribution >= 0.6 is 35.4 Å². The number of hydrogen-bond acceptors (Lipinski definition) is 4. The first-order valence-electron chi connectivity index (χ1n) is 6.47. The first-order chi connectivity index (χ1) is 11.0. The molecule has 0 saturated heterocycles. The number of benzene rings is 1. The Bertz CT molecular complexity index is 715. The lowest BCUT2D eigenvalue weighted by molar-refractivity contribution is -0.137. The molecule has 2 aromatic rings. The fraction of sp³-hybridized carbons (Fsp3) is 0.143. The minimum absolute atomic E-state index is 0.188. The number of thiocarbonyl (C=S) groups is 1. The van der Waals surface area contributed by atoms with Crippen molar-refractivity contribution in [1.82, 2.24) is 15.3 Å². The Morgan fingerprint density at radius 1 is 1.30 bits per heavy atom. The number of anilines is 1. The lowest BCUT2D eigenvalue weighted by Gasteiger charge is -2.20. The zero-order valence-corrected chi connectivity index (χ0v) is 14.0. The van der Waals surface area contributed by atoms with Gasteiger partial charge in [-0.2, -0.15) is 0 Å². The van der Waals surface area contributed by atoms with Gasteiger partial charge in [0.15, 0.2) is 5.11 Å². The highest BCUT2D eigenvalue weighted by Crippen LogP contribution is 2.28. The molecular formula is C14H12Cl2N4O2S. The Hall–Kier alpha value is -1.96. The molecule has 120 valence electrons. The van der Waals surface area contributed by atoms with Gasteiger partial charge in [-0.05, 0) is 36.0 Å². The van der Waals surface area contributed by atoms with Gasteiger partial charge in [0.2, 0.25) is 5.95 Å². The zero-order chi connectivity index (χ0) is 16.8. The molecule has 1 aromatic heterocycles. The topological polar surface area (TPSA) is 87.1 Å². The minimum atomic E-state index is -0.993. The summed E-state index contributed by atoms with van der Waals surface area (Å²) < 4.78 is 0. The molecule has 1 atom stereocenters. The van der Waals surface area contributed by atoms with Gasteiger partial charge in [-0.3, -0.25) is 4.79 Å². The van der Waals surface area contributed by atoms with Crippen LogP contribution in [0.1, 0.15) is 18.0 Å². The SMILES string of the molecule is O=C(O)C[C@@H](NC(=S)Nc1ncccn1)c1ccc(Cl)cc1Cl. The molecule has 23 heavy (non-hydrogen) atoms. The van der Waals surface area contributed by atoms with Crippen LogP contribution in [0.25, 0.3) is 0 Å². The number of carboxylic acid groups (broad SMARTS) is 1. The molecule has 6 nitrogen and oxygen atoms in total. The molecule has 0 aliphatic carbocycles. The number of rotatable bonds is 5. The lowest BCUT2D eigenvalue weighted by atomic mass is 10.0. The van der Waals surface area contributed by atoms with Gasteiger partial charge in [0, 0.05) is 22.4 Å². The van der Waals surface area contributed by atoms with Crippen molar-refractivity contribution < 1.29 is 9.90 Å². The maximum atomic E-state index is 11.1. The van der Waals surface area contributed by atoms with E-state index in [-0.39, 0.29) is 11.5 Å². The normalized spacial score (nSPS) is 11.6. The van der Waals surface area contributed by atoms with Crippen LogP contribution in [0.2, 0.25) is 10.0 Å². The number of carbonyl (C=O) groups is 1. The van der Waals surface area contributed by atoms with Crippen LogP contribution in [0.3, 0.4) is 0 Å². The Kier molecular flexibility index (Phi) is 6.09. The van der Waals surface area contributed by atoms with Crippen molar-refractivity contribution in [2.45, 2.75) is 12.5 Å². The second kappa shape index (κ2) is 8.05. The Morgan fingerprint density at radius 3 is 2.61 bits per heavy atom. The molecule has 9 heteroatoms. The van der Waals surface area contributed by atoms with E-state index in [1.165, 1.54) is 0 Å². The van der Waals surface area contributed by atoms with E-state index in [4.69, 9.17) is 40.5 Å². The molecule has 0 aliphatic heterocycles. The van der Waals surface area contributed by atoms with Crippen LogP contribution in [0.15, 0.2) is 36.7 Å². The molecule has 0 spiro atoms. The first-order valence-corrected chi connectivity index (χ1v) is 7.63. The third-order valence-electron chi connectivity index (χ3n) is 2.81. The molecule has 0 saturated carbocycles. The number of aliphatic carboxylic acids is 1. The van der Waals surface area contributed by atoms with Crippen molar-refractivity contribution in [2.75, 3.05) is 5.32 Å². The maximum Gasteiger partial charge on any atom is 0.305 e. The van der Waals surface area contributed by atoms with E-state index >= 15 is 0 Å². The first kappa shape index (κ1) is 17.4. The average Bonchev–Trinajstić information content (AvgIpc) is 2.47. The maximum absolute atomic E-state index is 11.1. The van der Waals surface area contributed by atoms with Crippen LogP contribution < -0.4 is 10.6 Å². The number of aromatic nitrogens is 2. The molecule has 0 amide bonds. The highest BCUT2D eigenvalue weighted by molar-refractivity contribution is 7.80. The number of halogens is 2. The number of nitrogens with one attached hydrogen (secondary N) is 2. The summed E-state index contributed by atoms with van der Waals surface area (Å²) in [5.74, 6) is -0.687. The van der Waals surface area contributed by atoms with Crippen molar-refractivity contribution in [3.05, 3.63) is 52.3 Å². The van der Waals surface area contributed by atoms with E-state index in [1.807, 2.05) is 0 Å². The van der Waals surface area contributed by atoms with Crippen molar-refractivity contribution in [2.24, 2.45) is 0 Å². The predicted molar refractivity (Wildman–Crippen MR) is 92.8 cm³/mol. The van der Waals surface area contributed by atoms with Gasteiger partial charge in [-0.1, -0.05) is 29.3 Å². The summed E-state index contributed by atoms with van der Waals surface area (Å²) in [4.78, 5) is 19.1. The van der Waals surface area contributed by atoms with E-state index in [9.17, 15) is 4.79 Å². The van der Waals surface area contributed by atoms with Gasteiger partial charge in [0.05, 0.1) is 12.5 Å².